The molecule has 2 heterocycles. The molecular formula is C14H19ClN4O2. The topological polar surface area (TPSA) is 61.9 Å². The standard InChI is InChI=1S/C14H19ClN4O2/c1-9-12(15)10(2)19(16-9)8-18-7-6-11(17-18)13(20)21-14(3,4)5/h6-7H,8H2,1-5H3. The second-order valence-electron chi connectivity index (χ2n) is 5.87. The number of rotatable bonds is 3. The number of halogens is 1. The van der Waals surface area contributed by atoms with Gasteiger partial charge in [0.15, 0.2) is 5.69 Å². The molecule has 0 aliphatic rings. The Kier molecular flexibility index (Phi) is 4.09. The summed E-state index contributed by atoms with van der Waals surface area (Å²) in [5, 5.41) is 9.18. The summed E-state index contributed by atoms with van der Waals surface area (Å²) in [6.45, 7) is 9.59. The van der Waals surface area contributed by atoms with Crippen LogP contribution in [0, 0.1) is 13.8 Å². The Hall–Kier alpha value is -1.82. The van der Waals surface area contributed by atoms with E-state index in [0.29, 0.717) is 11.7 Å². The fourth-order valence-corrected chi connectivity index (χ4v) is 1.97. The monoisotopic (exact) mass is 310 g/mol. The van der Waals surface area contributed by atoms with Crippen LogP contribution in [-0.2, 0) is 11.4 Å². The molecule has 0 bridgehead atoms. The number of carbonyl (C=O) groups excluding carboxylic acids is 1. The highest BCUT2D eigenvalue weighted by Gasteiger charge is 2.20. The maximum absolute atomic E-state index is 11.9. The molecule has 0 radical (unpaired) electrons. The lowest BCUT2D eigenvalue weighted by Crippen LogP contribution is -2.24. The molecular weight excluding hydrogens is 292 g/mol. The van der Waals surface area contributed by atoms with Crippen LogP contribution in [0.4, 0.5) is 0 Å². The van der Waals surface area contributed by atoms with Crippen molar-refractivity contribution in [3.05, 3.63) is 34.4 Å². The van der Waals surface area contributed by atoms with E-state index in [1.807, 2.05) is 34.6 Å². The van der Waals surface area contributed by atoms with Crippen molar-refractivity contribution < 1.29 is 9.53 Å². The lowest BCUT2D eigenvalue weighted by molar-refractivity contribution is 0.00618. The molecule has 2 rings (SSSR count). The minimum atomic E-state index is -0.538. The van der Waals surface area contributed by atoms with Crippen LogP contribution in [0.15, 0.2) is 12.3 Å². The van der Waals surface area contributed by atoms with Gasteiger partial charge in [-0.3, -0.25) is 4.68 Å². The van der Waals surface area contributed by atoms with E-state index in [1.165, 1.54) is 0 Å². The molecule has 0 spiro atoms. The first kappa shape index (κ1) is 15.6. The molecule has 0 fully saturated rings. The third-order valence-electron chi connectivity index (χ3n) is 2.82. The third kappa shape index (κ3) is 3.64. The van der Waals surface area contributed by atoms with Crippen LogP contribution in [0.5, 0.6) is 0 Å². The zero-order chi connectivity index (χ0) is 15.8. The normalized spacial score (nSPS) is 11.7. The van der Waals surface area contributed by atoms with Gasteiger partial charge in [-0.05, 0) is 40.7 Å². The minimum Gasteiger partial charge on any atom is -0.455 e. The number of aromatic nitrogens is 4. The highest BCUT2D eigenvalue weighted by molar-refractivity contribution is 6.31. The number of esters is 1. The van der Waals surface area contributed by atoms with Gasteiger partial charge in [0.05, 0.1) is 16.4 Å². The smallest absolute Gasteiger partial charge is 0.359 e. The Balaban J connectivity index is 2.13. The SMILES string of the molecule is Cc1nn(Cn2ccc(C(=O)OC(C)(C)C)n2)c(C)c1Cl. The third-order valence-corrected chi connectivity index (χ3v) is 3.37. The molecule has 0 aromatic carbocycles. The first-order valence-corrected chi connectivity index (χ1v) is 7.01. The van der Waals surface area contributed by atoms with Crippen LogP contribution in [0.3, 0.4) is 0 Å². The second-order valence-corrected chi connectivity index (χ2v) is 6.25. The van der Waals surface area contributed by atoms with Gasteiger partial charge in [0.1, 0.15) is 12.3 Å². The van der Waals surface area contributed by atoms with Gasteiger partial charge in [-0.1, -0.05) is 11.6 Å². The highest BCUT2D eigenvalue weighted by atomic mass is 35.5. The van der Waals surface area contributed by atoms with Crippen molar-refractivity contribution in [2.24, 2.45) is 0 Å². The summed E-state index contributed by atoms with van der Waals surface area (Å²) in [5.41, 5.74) is 1.37. The van der Waals surface area contributed by atoms with E-state index in [4.69, 9.17) is 16.3 Å². The molecule has 2 aromatic heterocycles. The second kappa shape index (κ2) is 5.52. The van der Waals surface area contributed by atoms with Crippen LogP contribution in [0.25, 0.3) is 0 Å². The van der Waals surface area contributed by atoms with Crippen molar-refractivity contribution in [3.63, 3.8) is 0 Å². The van der Waals surface area contributed by atoms with Gasteiger partial charge in [-0.15, -0.1) is 0 Å². The van der Waals surface area contributed by atoms with Gasteiger partial charge in [0, 0.05) is 6.20 Å². The molecule has 0 atom stereocenters. The predicted molar refractivity (Wildman–Crippen MR) is 79.5 cm³/mol. The number of aryl methyl sites for hydroxylation is 1. The molecule has 2 aromatic rings. The first-order chi connectivity index (χ1) is 9.67. The summed E-state index contributed by atoms with van der Waals surface area (Å²) in [6.07, 6.45) is 1.71. The van der Waals surface area contributed by atoms with Crippen LogP contribution in [0.2, 0.25) is 5.02 Å². The molecule has 0 aliphatic carbocycles. The maximum atomic E-state index is 11.9. The number of carbonyl (C=O) groups is 1. The van der Waals surface area contributed by atoms with Crippen molar-refractivity contribution in [1.29, 1.82) is 0 Å². The van der Waals surface area contributed by atoms with Gasteiger partial charge in [0.2, 0.25) is 0 Å². The van der Waals surface area contributed by atoms with Crippen LogP contribution in [-0.4, -0.2) is 31.1 Å². The van der Waals surface area contributed by atoms with Gasteiger partial charge >= 0.3 is 5.97 Å². The van der Waals surface area contributed by atoms with Crippen molar-refractivity contribution in [3.8, 4) is 0 Å². The number of nitrogens with zero attached hydrogens (tertiary/aromatic N) is 4. The fourth-order valence-electron chi connectivity index (χ4n) is 1.83. The zero-order valence-corrected chi connectivity index (χ0v) is 13.6. The van der Waals surface area contributed by atoms with Crippen molar-refractivity contribution in [1.82, 2.24) is 19.6 Å². The van der Waals surface area contributed by atoms with Gasteiger partial charge in [-0.2, -0.15) is 10.2 Å². The molecule has 0 saturated heterocycles. The Labute approximate surface area is 128 Å². The molecule has 0 unspecified atom stereocenters. The number of hydrogen-bond donors (Lipinski definition) is 0. The molecule has 7 heteroatoms. The summed E-state index contributed by atoms with van der Waals surface area (Å²) < 4.78 is 8.64. The van der Waals surface area contributed by atoms with E-state index in [9.17, 15) is 4.79 Å². The van der Waals surface area contributed by atoms with Gasteiger partial charge in [0.25, 0.3) is 0 Å². The zero-order valence-electron chi connectivity index (χ0n) is 12.8. The summed E-state index contributed by atoms with van der Waals surface area (Å²) in [4.78, 5) is 11.9. The van der Waals surface area contributed by atoms with Crippen molar-refractivity contribution >= 4 is 17.6 Å². The number of ether oxygens (including phenoxy) is 1. The lowest BCUT2D eigenvalue weighted by Gasteiger charge is -2.18. The molecule has 0 aliphatic heterocycles. The predicted octanol–water partition coefficient (Wildman–Crippen LogP) is 2.81. The molecule has 6 nitrogen and oxygen atoms in total. The average molecular weight is 311 g/mol. The van der Waals surface area contributed by atoms with E-state index in [2.05, 4.69) is 10.2 Å². The Morgan fingerprint density at radius 2 is 2.00 bits per heavy atom. The Morgan fingerprint density at radius 1 is 1.33 bits per heavy atom. The summed E-state index contributed by atoms with van der Waals surface area (Å²) >= 11 is 6.11. The Bertz CT molecular complexity index is 667. The largest absolute Gasteiger partial charge is 0.455 e. The quantitative estimate of drug-likeness (QED) is 0.818. The van der Waals surface area contributed by atoms with Crippen LogP contribution in [0.1, 0.15) is 42.6 Å². The first-order valence-electron chi connectivity index (χ1n) is 6.63. The van der Waals surface area contributed by atoms with Crippen molar-refractivity contribution in [2.45, 2.75) is 46.9 Å². The van der Waals surface area contributed by atoms with E-state index in [0.717, 1.165) is 11.4 Å². The summed E-state index contributed by atoms with van der Waals surface area (Å²) in [5.74, 6) is -0.437. The number of hydrogen-bond acceptors (Lipinski definition) is 4. The maximum Gasteiger partial charge on any atom is 0.359 e. The molecule has 0 N–H and O–H groups in total. The van der Waals surface area contributed by atoms with Crippen LogP contribution >= 0.6 is 11.6 Å². The van der Waals surface area contributed by atoms with E-state index in [-0.39, 0.29) is 5.69 Å². The van der Waals surface area contributed by atoms with E-state index >= 15 is 0 Å². The van der Waals surface area contributed by atoms with Crippen molar-refractivity contribution in [2.75, 3.05) is 0 Å². The Morgan fingerprint density at radius 3 is 2.52 bits per heavy atom. The van der Waals surface area contributed by atoms with Gasteiger partial charge < -0.3 is 4.74 Å². The summed E-state index contributed by atoms with van der Waals surface area (Å²) in [7, 11) is 0. The fraction of sp³-hybridized carbons (Fsp3) is 0.500. The average Bonchev–Trinajstić information content (AvgIpc) is 2.90. The highest BCUT2D eigenvalue weighted by Crippen LogP contribution is 2.19. The molecule has 114 valence electrons. The minimum absolute atomic E-state index is 0.276. The van der Waals surface area contributed by atoms with Gasteiger partial charge in [-0.25, -0.2) is 9.48 Å². The van der Waals surface area contributed by atoms with E-state index < -0.39 is 11.6 Å². The molecule has 0 amide bonds. The lowest BCUT2D eigenvalue weighted by atomic mass is 10.2. The molecule has 0 saturated carbocycles. The summed E-state index contributed by atoms with van der Waals surface area (Å²) in [6, 6.07) is 1.63. The molecule has 21 heavy (non-hydrogen) atoms. The van der Waals surface area contributed by atoms with E-state index in [1.54, 1.807) is 21.6 Å². The van der Waals surface area contributed by atoms with Crippen LogP contribution < -0.4 is 0 Å².